The fourth-order valence-corrected chi connectivity index (χ4v) is 5.44. The van der Waals surface area contributed by atoms with Crippen LogP contribution in [0.2, 0.25) is 0 Å². The fraction of sp³-hybridized carbons (Fsp3) is 0.360. The highest BCUT2D eigenvalue weighted by Crippen LogP contribution is 2.43. The van der Waals surface area contributed by atoms with Crippen molar-refractivity contribution in [3.63, 3.8) is 0 Å². The van der Waals surface area contributed by atoms with Crippen molar-refractivity contribution in [2.75, 3.05) is 16.8 Å². The molecule has 0 aromatic heterocycles. The molecule has 184 valence electrons. The van der Waals surface area contributed by atoms with Crippen LogP contribution in [0.15, 0.2) is 40.9 Å². The normalized spacial score (nSPS) is 23.7. The number of ether oxygens (including phenoxy) is 1. The van der Waals surface area contributed by atoms with Gasteiger partial charge in [-0.2, -0.15) is 0 Å². The maximum absolute atomic E-state index is 12.9. The lowest BCUT2D eigenvalue weighted by Crippen LogP contribution is -2.34. The Morgan fingerprint density at radius 3 is 2.11 bits per heavy atom. The average Bonchev–Trinajstić information content (AvgIpc) is 3.07. The highest BCUT2D eigenvalue weighted by Gasteiger charge is 2.52. The Kier molecular flexibility index (Phi) is 7.54. The quantitative estimate of drug-likeness (QED) is 0.305. The summed E-state index contributed by atoms with van der Waals surface area (Å²) in [5.41, 5.74) is 3.10. The minimum Gasteiger partial charge on any atom is -0.452 e. The van der Waals surface area contributed by atoms with Gasteiger partial charge >= 0.3 is 5.97 Å². The van der Waals surface area contributed by atoms with Gasteiger partial charge in [0.05, 0.1) is 33.8 Å². The van der Waals surface area contributed by atoms with Gasteiger partial charge < -0.3 is 10.1 Å². The van der Waals surface area contributed by atoms with Gasteiger partial charge in [0.25, 0.3) is 5.91 Å². The fourth-order valence-electron chi connectivity index (χ4n) is 4.42. The van der Waals surface area contributed by atoms with E-state index in [9.17, 15) is 19.2 Å². The van der Waals surface area contributed by atoms with Gasteiger partial charge in [-0.1, -0.05) is 15.9 Å². The van der Waals surface area contributed by atoms with E-state index in [-0.39, 0.29) is 28.1 Å². The molecule has 1 aliphatic heterocycles. The molecule has 1 heterocycles. The molecule has 1 saturated heterocycles. The summed E-state index contributed by atoms with van der Waals surface area (Å²) in [6.07, 6.45) is 0.709. The number of rotatable bonds is 5. The minimum absolute atomic E-state index is 0.190. The number of amides is 3. The number of nitrogens with zero attached hydrogens (tertiary/aromatic N) is 1. The first-order chi connectivity index (χ1) is 16.6. The molecule has 3 amide bonds. The summed E-state index contributed by atoms with van der Waals surface area (Å²) in [7, 11) is 0. The third-order valence-corrected chi connectivity index (χ3v) is 8.55. The molecular formula is C25H23BrCl2N2O5. The predicted molar refractivity (Wildman–Crippen MR) is 137 cm³/mol. The van der Waals surface area contributed by atoms with Crippen LogP contribution in [0.1, 0.15) is 34.3 Å². The number of carbonyl (C=O) groups is 4. The Hall–Kier alpha value is -2.42. The molecule has 7 nitrogen and oxygen atoms in total. The largest absolute Gasteiger partial charge is 0.452 e. The van der Waals surface area contributed by atoms with Gasteiger partial charge in [0.1, 0.15) is 0 Å². The second kappa shape index (κ2) is 10.3. The molecule has 2 aromatic carbocycles. The highest BCUT2D eigenvalue weighted by molar-refractivity contribution is 9.10. The molecule has 1 aliphatic carbocycles. The van der Waals surface area contributed by atoms with Crippen molar-refractivity contribution in [1.29, 1.82) is 0 Å². The number of fused-ring (bicyclic) bond motifs is 1. The Labute approximate surface area is 221 Å². The summed E-state index contributed by atoms with van der Waals surface area (Å²) < 4.78 is 6.06. The number of nitrogens with one attached hydrogen (secondary N) is 1. The van der Waals surface area contributed by atoms with Gasteiger partial charge in [-0.05, 0) is 74.2 Å². The summed E-state index contributed by atoms with van der Waals surface area (Å²) in [6, 6.07) is 9.52. The number of esters is 1. The van der Waals surface area contributed by atoms with Crippen LogP contribution in [0.25, 0.3) is 0 Å². The van der Waals surface area contributed by atoms with E-state index in [0.717, 1.165) is 20.5 Å². The molecule has 0 unspecified atom stereocenters. The zero-order valence-electron chi connectivity index (χ0n) is 19.0. The van der Waals surface area contributed by atoms with E-state index in [0.29, 0.717) is 24.2 Å². The molecule has 2 aliphatic rings. The van der Waals surface area contributed by atoms with E-state index in [2.05, 4.69) is 21.2 Å². The van der Waals surface area contributed by atoms with E-state index >= 15 is 0 Å². The van der Waals surface area contributed by atoms with Crippen LogP contribution in [0.5, 0.6) is 0 Å². The zero-order valence-corrected chi connectivity index (χ0v) is 22.1. The van der Waals surface area contributed by atoms with Crippen molar-refractivity contribution < 1.29 is 23.9 Å². The molecule has 2 aromatic rings. The Morgan fingerprint density at radius 1 is 0.971 bits per heavy atom. The number of carbonyl (C=O) groups excluding carboxylic acids is 4. The second-order valence-electron chi connectivity index (χ2n) is 8.74. The summed E-state index contributed by atoms with van der Waals surface area (Å²) in [4.78, 5) is 51.6. The smallest absolute Gasteiger partial charge is 0.338 e. The van der Waals surface area contributed by atoms with Crippen molar-refractivity contribution in [3.8, 4) is 0 Å². The lowest BCUT2D eigenvalue weighted by Gasteiger charge is -2.28. The third-order valence-electron chi connectivity index (χ3n) is 6.60. The van der Waals surface area contributed by atoms with Crippen molar-refractivity contribution in [3.05, 3.63) is 57.6 Å². The average molecular weight is 582 g/mol. The summed E-state index contributed by atoms with van der Waals surface area (Å²) >= 11 is 15.9. The number of benzene rings is 2. The number of anilines is 2. The number of hydrogen-bond donors (Lipinski definition) is 1. The maximum Gasteiger partial charge on any atom is 0.338 e. The molecule has 0 radical (unpaired) electrons. The first-order valence-electron chi connectivity index (χ1n) is 11.1. The molecule has 1 saturated carbocycles. The Bertz CT molecular complexity index is 1180. The lowest BCUT2D eigenvalue weighted by atomic mass is 9.80. The van der Waals surface area contributed by atoms with Crippen LogP contribution in [0, 0.1) is 25.7 Å². The molecule has 1 N–H and O–H groups in total. The van der Waals surface area contributed by atoms with Crippen molar-refractivity contribution in [2.45, 2.75) is 37.4 Å². The monoisotopic (exact) mass is 580 g/mol. The number of alkyl halides is 2. The van der Waals surface area contributed by atoms with Gasteiger partial charge in [0, 0.05) is 10.2 Å². The van der Waals surface area contributed by atoms with E-state index < -0.39 is 30.3 Å². The molecule has 4 atom stereocenters. The predicted octanol–water partition coefficient (Wildman–Crippen LogP) is 4.98. The van der Waals surface area contributed by atoms with Crippen LogP contribution in [-0.2, 0) is 19.1 Å². The van der Waals surface area contributed by atoms with Crippen molar-refractivity contribution in [2.24, 2.45) is 11.8 Å². The SMILES string of the molecule is Cc1c(Br)ccc(NC(=O)COC(=O)c2ccc(N3C(=O)[C@H]4C[C@@H](Cl)[C@@H](Cl)C[C@H]4C3=O)cc2)c1C. The van der Waals surface area contributed by atoms with E-state index in [1.54, 1.807) is 6.07 Å². The van der Waals surface area contributed by atoms with Gasteiger partial charge in [0.15, 0.2) is 6.61 Å². The summed E-state index contributed by atoms with van der Waals surface area (Å²) in [5.74, 6) is -2.74. The number of halogens is 3. The van der Waals surface area contributed by atoms with Gasteiger partial charge in [-0.3, -0.25) is 19.3 Å². The first kappa shape index (κ1) is 25.7. The Balaban J connectivity index is 1.37. The van der Waals surface area contributed by atoms with Crippen LogP contribution >= 0.6 is 39.1 Å². The minimum atomic E-state index is -0.696. The topological polar surface area (TPSA) is 92.8 Å². The molecule has 35 heavy (non-hydrogen) atoms. The van der Waals surface area contributed by atoms with E-state index in [1.807, 2.05) is 19.9 Å². The second-order valence-corrected chi connectivity index (χ2v) is 10.7. The first-order valence-corrected chi connectivity index (χ1v) is 12.7. The van der Waals surface area contributed by atoms with Crippen LogP contribution < -0.4 is 10.2 Å². The summed E-state index contributed by atoms with van der Waals surface area (Å²) in [6.45, 7) is 3.36. The number of hydrogen-bond acceptors (Lipinski definition) is 5. The van der Waals surface area contributed by atoms with Gasteiger partial charge in [-0.15, -0.1) is 23.2 Å². The highest BCUT2D eigenvalue weighted by atomic mass is 79.9. The molecular weight excluding hydrogens is 559 g/mol. The molecule has 2 fully saturated rings. The molecule has 0 bridgehead atoms. The Morgan fingerprint density at radius 2 is 1.54 bits per heavy atom. The van der Waals surface area contributed by atoms with Crippen molar-refractivity contribution in [1.82, 2.24) is 0 Å². The zero-order chi connectivity index (χ0) is 25.4. The lowest BCUT2D eigenvalue weighted by molar-refractivity contribution is -0.122. The van der Waals surface area contributed by atoms with Crippen LogP contribution in [0.4, 0.5) is 11.4 Å². The van der Waals surface area contributed by atoms with Crippen LogP contribution in [-0.4, -0.2) is 41.1 Å². The van der Waals surface area contributed by atoms with E-state index in [1.165, 1.54) is 24.3 Å². The molecule has 4 rings (SSSR count). The standard InChI is InChI=1S/C25H23BrCl2N2O5/c1-12-13(2)21(8-7-18(12)26)29-22(31)11-35-25(34)14-3-5-15(6-4-14)30-23(32)16-9-19(27)20(28)10-17(16)24(30)33/h3-8,16-17,19-20H,9-11H2,1-2H3,(H,29,31)/t16-,17+,19+,20-. The van der Waals surface area contributed by atoms with Crippen LogP contribution in [0.3, 0.4) is 0 Å². The van der Waals surface area contributed by atoms with Gasteiger partial charge in [-0.25, -0.2) is 4.79 Å². The van der Waals surface area contributed by atoms with Gasteiger partial charge in [0.2, 0.25) is 11.8 Å². The molecule has 10 heteroatoms. The van der Waals surface area contributed by atoms with E-state index in [4.69, 9.17) is 27.9 Å². The molecule has 0 spiro atoms. The van der Waals surface area contributed by atoms with Crippen molar-refractivity contribution >= 4 is 74.2 Å². The number of imide groups is 1. The maximum atomic E-state index is 12.9. The summed E-state index contributed by atoms with van der Waals surface area (Å²) in [5, 5.41) is 2.01. The third kappa shape index (κ3) is 5.10.